The molecule has 0 aromatic heterocycles. The third kappa shape index (κ3) is 3.05. The summed E-state index contributed by atoms with van der Waals surface area (Å²) in [6.45, 7) is 2.31. The normalized spacial score (nSPS) is 38.3. The first-order valence-electron chi connectivity index (χ1n) is 6.42. The van der Waals surface area contributed by atoms with E-state index in [0.29, 0.717) is 25.9 Å². The lowest BCUT2D eigenvalue weighted by atomic mass is 9.96. The van der Waals surface area contributed by atoms with E-state index in [1.165, 1.54) is 0 Å². The molecule has 19 heavy (non-hydrogen) atoms. The van der Waals surface area contributed by atoms with Crippen LogP contribution in [-0.2, 0) is 19.1 Å². The zero-order valence-corrected chi connectivity index (χ0v) is 10.8. The van der Waals surface area contributed by atoms with Crippen molar-refractivity contribution in [2.45, 2.75) is 50.1 Å². The Bertz CT molecular complexity index is 373. The molecule has 2 heterocycles. The molecule has 4 atom stereocenters. The Balaban J connectivity index is 1.81. The fourth-order valence-electron chi connectivity index (χ4n) is 2.37. The molecule has 0 aromatic rings. The van der Waals surface area contributed by atoms with E-state index >= 15 is 0 Å². The van der Waals surface area contributed by atoms with Gasteiger partial charge in [-0.05, 0) is 19.8 Å². The molecule has 7 heteroatoms. The molecule has 7 nitrogen and oxygen atoms in total. The van der Waals surface area contributed by atoms with Gasteiger partial charge in [-0.1, -0.05) is 0 Å². The van der Waals surface area contributed by atoms with E-state index in [2.05, 4.69) is 5.32 Å². The smallest absolute Gasteiger partial charge is 0.332 e. The third-order valence-electron chi connectivity index (χ3n) is 3.82. The quantitative estimate of drug-likeness (QED) is 0.624. The van der Waals surface area contributed by atoms with Crippen molar-refractivity contribution >= 4 is 11.9 Å². The number of ether oxygens (including phenoxy) is 2. The first kappa shape index (κ1) is 14.2. The van der Waals surface area contributed by atoms with E-state index in [1.54, 1.807) is 6.92 Å². The van der Waals surface area contributed by atoms with Gasteiger partial charge in [0.25, 0.3) is 0 Å². The van der Waals surface area contributed by atoms with Crippen molar-refractivity contribution in [3.8, 4) is 0 Å². The van der Waals surface area contributed by atoms with Gasteiger partial charge in [-0.25, -0.2) is 4.79 Å². The van der Waals surface area contributed by atoms with Gasteiger partial charge in [0.2, 0.25) is 5.91 Å². The molecule has 0 saturated carbocycles. The summed E-state index contributed by atoms with van der Waals surface area (Å²) in [5.41, 5.74) is -1.06. The van der Waals surface area contributed by atoms with Gasteiger partial charge in [0.15, 0.2) is 6.10 Å². The number of aliphatic carboxylic acids is 1. The number of aliphatic hydroxyl groups is 1. The lowest BCUT2D eigenvalue weighted by Crippen LogP contribution is -2.49. The molecule has 0 bridgehead atoms. The summed E-state index contributed by atoms with van der Waals surface area (Å²) in [5, 5.41) is 21.6. The number of rotatable bonds is 4. The molecule has 2 aliphatic rings. The average molecular weight is 273 g/mol. The molecule has 0 spiro atoms. The molecule has 2 aliphatic heterocycles. The van der Waals surface area contributed by atoms with Gasteiger partial charge in [-0.15, -0.1) is 0 Å². The Labute approximate surface area is 110 Å². The van der Waals surface area contributed by atoms with E-state index in [-0.39, 0.29) is 18.6 Å². The standard InChI is InChI=1S/C12H19NO6/c1-7-12(17,4-5-18-7)6-13-10(14)8-2-3-9(19-8)11(15)16/h7-9,17H,2-6H2,1H3,(H,13,14)(H,15,16)/t7?,8-,9+,12?/m0/s1. The Hall–Kier alpha value is -1.18. The van der Waals surface area contributed by atoms with Crippen molar-refractivity contribution in [1.29, 1.82) is 0 Å². The predicted molar refractivity (Wildman–Crippen MR) is 63.5 cm³/mol. The molecule has 0 aliphatic carbocycles. The van der Waals surface area contributed by atoms with Crippen molar-refractivity contribution in [2.75, 3.05) is 13.2 Å². The van der Waals surface area contributed by atoms with Gasteiger partial charge < -0.3 is 25.0 Å². The van der Waals surface area contributed by atoms with Gasteiger partial charge in [-0.2, -0.15) is 0 Å². The lowest BCUT2D eigenvalue weighted by molar-refractivity contribution is -0.152. The summed E-state index contributed by atoms with van der Waals surface area (Å²) in [6, 6.07) is 0. The monoisotopic (exact) mass is 273 g/mol. The number of hydrogen-bond acceptors (Lipinski definition) is 5. The zero-order chi connectivity index (χ0) is 14.0. The number of hydrogen-bond donors (Lipinski definition) is 3. The van der Waals surface area contributed by atoms with Crippen LogP contribution < -0.4 is 5.32 Å². The van der Waals surface area contributed by atoms with Gasteiger partial charge >= 0.3 is 5.97 Å². The van der Waals surface area contributed by atoms with Gasteiger partial charge in [-0.3, -0.25) is 4.79 Å². The highest BCUT2D eigenvalue weighted by Crippen LogP contribution is 2.25. The van der Waals surface area contributed by atoms with Gasteiger partial charge in [0.05, 0.1) is 6.10 Å². The summed E-state index contributed by atoms with van der Waals surface area (Å²) in [4.78, 5) is 22.6. The molecule has 2 saturated heterocycles. The number of nitrogens with one attached hydrogen (secondary N) is 1. The van der Waals surface area contributed by atoms with Crippen LogP contribution >= 0.6 is 0 Å². The third-order valence-corrected chi connectivity index (χ3v) is 3.82. The Morgan fingerprint density at radius 1 is 1.37 bits per heavy atom. The molecule has 2 unspecified atom stereocenters. The molecule has 108 valence electrons. The second kappa shape index (κ2) is 5.44. The molecular formula is C12H19NO6. The molecular weight excluding hydrogens is 254 g/mol. The summed E-state index contributed by atoms with van der Waals surface area (Å²) < 4.78 is 10.4. The highest BCUT2D eigenvalue weighted by Gasteiger charge is 2.41. The molecule has 2 fully saturated rings. The highest BCUT2D eigenvalue weighted by molar-refractivity contribution is 5.82. The summed E-state index contributed by atoms with van der Waals surface area (Å²) in [6.07, 6.45) is -0.804. The fraction of sp³-hybridized carbons (Fsp3) is 0.833. The van der Waals surface area contributed by atoms with Crippen LogP contribution in [0.25, 0.3) is 0 Å². The Morgan fingerprint density at radius 2 is 2.05 bits per heavy atom. The maximum atomic E-state index is 11.8. The van der Waals surface area contributed by atoms with Crippen LogP contribution in [0.5, 0.6) is 0 Å². The second-order valence-electron chi connectivity index (χ2n) is 5.11. The van der Waals surface area contributed by atoms with Gasteiger partial charge in [0.1, 0.15) is 11.7 Å². The van der Waals surface area contributed by atoms with E-state index in [0.717, 1.165) is 0 Å². The van der Waals surface area contributed by atoms with Crippen molar-refractivity contribution in [2.24, 2.45) is 0 Å². The van der Waals surface area contributed by atoms with E-state index in [9.17, 15) is 14.7 Å². The fourth-order valence-corrected chi connectivity index (χ4v) is 2.37. The SMILES string of the molecule is CC1OCCC1(O)CNC(=O)[C@@H]1CC[C@H](C(=O)O)O1. The average Bonchev–Trinajstić information content (AvgIpc) is 2.96. The number of carbonyl (C=O) groups excluding carboxylic acids is 1. The maximum absolute atomic E-state index is 11.8. The topological polar surface area (TPSA) is 105 Å². The number of carbonyl (C=O) groups is 2. The van der Waals surface area contributed by atoms with Crippen LogP contribution in [0.3, 0.4) is 0 Å². The molecule has 0 aromatic carbocycles. The first-order valence-corrected chi connectivity index (χ1v) is 6.42. The van der Waals surface area contributed by atoms with Crippen LogP contribution in [0, 0.1) is 0 Å². The minimum atomic E-state index is -1.06. The van der Waals surface area contributed by atoms with Crippen molar-refractivity contribution in [1.82, 2.24) is 5.32 Å². The van der Waals surface area contributed by atoms with Crippen LogP contribution in [0.4, 0.5) is 0 Å². The minimum Gasteiger partial charge on any atom is -0.479 e. The van der Waals surface area contributed by atoms with Crippen LogP contribution in [0.2, 0.25) is 0 Å². The van der Waals surface area contributed by atoms with E-state index in [4.69, 9.17) is 14.6 Å². The number of carboxylic acids is 1. The van der Waals surface area contributed by atoms with Crippen molar-refractivity contribution in [3.63, 3.8) is 0 Å². The summed E-state index contributed by atoms with van der Waals surface area (Å²) >= 11 is 0. The predicted octanol–water partition coefficient (Wildman–Crippen LogP) is -0.725. The lowest BCUT2D eigenvalue weighted by Gasteiger charge is -2.26. The first-order chi connectivity index (χ1) is 8.92. The Morgan fingerprint density at radius 3 is 2.58 bits per heavy atom. The summed E-state index contributed by atoms with van der Waals surface area (Å²) in [7, 11) is 0. The van der Waals surface area contributed by atoms with Crippen LogP contribution in [-0.4, -0.2) is 59.2 Å². The molecule has 3 N–H and O–H groups in total. The number of amides is 1. The van der Waals surface area contributed by atoms with Crippen molar-refractivity contribution < 1.29 is 29.3 Å². The highest BCUT2D eigenvalue weighted by atomic mass is 16.5. The Kier molecular flexibility index (Phi) is 4.07. The van der Waals surface area contributed by atoms with Crippen molar-refractivity contribution in [3.05, 3.63) is 0 Å². The van der Waals surface area contributed by atoms with Crippen LogP contribution in [0.15, 0.2) is 0 Å². The largest absolute Gasteiger partial charge is 0.479 e. The van der Waals surface area contributed by atoms with E-state index in [1.807, 2.05) is 0 Å². The molecule has 0 radical (unpaired) electrons. The van der Waals surface area contributed by atoms with E-state index < -0.39 is 23.8 Å². The minimum absolute atomic E-state index is 0.0879. The number of carboxylic acid groups (broad SMARTS) is 1. The zero-order valence-electron chi connectivity index (χ0n) is 10.8. The molecule has 2 rings (SSSR count). The van der Waals surface area contributed by atoms with Crippen LogP contribution in [0.1, 0.15) is 26.2 Å². The summed E-state index contributed by atoms with van der Waals surface area (Å²) in [5.74, 6) is -1.43. The molecule has 1 amide bonds. The second-order valence-corrected chi connectivity index (χ2v) is 5.11. The maximum Gasteiger partial charge on any atom is 0.332 e. The van der Waals surface area contributed by atoms with Gasteiger partial charge in [0, 0.05) is 19.6 Å².